The van der Waals surface area contributed by atoms with E-state index in [9.17, 15) is 0 Å². The van der Waals surface area contributed by atoms with Crippen LogP contribution in [0.2, 0.25) is 0 Å². The van der Waals surface area contributed by atoms with Crippen molar-refractivity contribution in [1.82, 2.24) is 0 Å². The van der Waals surface area contributed by atoms with Gasteiger partial charge in [0, 0.05) is 5.92 Å². The third-order valence-electron chi connectivity index (χ3n) is 4.92. The summed E-state index contributed by atoms with van der Waals surface area (Å²) in [4.78, 5) is 0. The molecule has 0 N–H and O–H groups in total. The van der Waals surface area contributed by atoms with Crippen LogP contribution in [0.4, 0.5) is 0 Å². The van der Waals surface area contributed by atoms with Gasteiger partial charge in [-0.05, 0) is 27.5 Å². The fourth-order valence-corrected chi connectivity index (χ4v) is 3.66. The molecule has 0 bridgehead atoms. The number of halogens is 2. The van der Waals surface area contributed by atoms with Crippen molar-refractivity contribution in [2.75, 3.05) is 0 Å². The van der Waals surface area contributed by atoms with E-state index in [0.29, 0.717) is 5.92 Å². The SMILES string of the molecule is CC(C)(C)[N-]Cc1c(C2C=Cc3ccccc32)ccc2ccccc12.[Cl][Ti][Cl]. The molecule has 1 aliphatic rings. The normalized spacial score (nSPS) is 15.1. The first-order valence-electron chi connectivity index (χ1n) is 9.37. The van der Waals surface area contributed by atoms with Crippen molar-refractivity contribution in [3.63, 3.8) is 0 Å². The van der Waals surface area contributed by atoms with Gasteiger partial charge in [0.1, 0.15) is 0 Å². The Labute approximate surface area is 184 Å². The monoisotopic (exact) mass is 444 g/mol. The number of rotatable bonds is 3. The van der Waals surface area contributed by atoms with Crippen molar-refractivity contribution in [1.29, 1.82) is 0 Å². The molecule has 1 aliphatic carbocycles. The summed E-state index contributed by atoms with van der Waals surface area (Å²) in [7, 11) is 9.78. The van der Waals surface area contributed by atoms with Gasteiger partial charge < -0.3 is 5.32 Å². The molecular weight excluding hydrogens is 421 g/mol. The van der Waals surface area contributed by atoms with Crippen LogP contribution in [0, 0.1) is 0 Å². The zero-order chi connectivity index (χ0) is 20.1. The van der Waals surface area contributed by atoms with Crippen LogP contribution in [-0.4, -0.2) is 5.54 Å². The molecule has 0 saturated carbocycles. The van der Waals surface area contributed by atoms with Crippen LogP contribution < -0.4 is 0 Å². The van der Waals surface area contributed by atoms with Gasteiger partial charge in [0.25, 0.3) is 0 Å². The standard InChI is InChI=1S/C24H24N.2ClH.Ti/c1-24(2,3)25-16-23-20-11-7-5-9-18(20)13-15-22(23)21-14-12-17-8-4-6-10-19(17)21;;;/h4-15,21H,16H2,1-3H3;2*1H;/q-1;;;+2/p-2. The molecule has 0 saturated heterocycles. The van der Waals surface area contributed by atoms with E-state index in [4.69, 9.17) is 23.9 Å². The molecule has 1 unspecified atom stereocenters. The summed E-state index contributed by atoms with van der Waals surface area (Å²) in [5.74, 6) is 0.325. The predicted octanol–water partition coefficient (Wildman–Crippen LogP) is 8.05. The summed E-state index contributed by atoms with van der Waals surface area (Å²) in [6.45, 7) is 7.26. The van der Waals surface area contributed by atoms with Gasteiger partial charge in [-0.3, -0.25) is 0 Å². The van der Waals surface area contributed by atoms with Crippen molar-refractivity contribution < 1.29 is 17.0 Å². The van der Waals surface area contributed by atoms with Crippen LogP contribution in [-0.2, 0) is 23.6 Å². The van der Waals surface area contributed by atoms with Gasteiger partial charge in [-0.1, -0.05) is 99.2 Å². The molecular formula is C24H24Cl2NTi-. The van der Waals surface area contributed by atoms with Gasteiger partial charge in [-0.25, -0.2) is 0 Å². The van der Waals surface area contributed by atoms with Crippen molar-refractivity contribution in [3.05, 3.63) is 94.3 Å². The fraction of sp³-hybridized carbons (Fsp3) is 0.250. The van der Waals surface area contributed by atoms with Gasteiger partial charge in [-0.2, -0.15) is 0 Å². The summed E-state index contributed by atoms with van der Waals surface area (Å²) >= 11 is -0.556. The number of hydrogen-bond donors (Lipinski definition) is 0. The molecule has 0 heterocycles. The Hall–Kier alpha value is -1.09. The van der Waals surface area contributed by atoms with Crippen LogP contribution >= 0.6 is 18.6 Å². The molecule has 0 spiro atoms. The number of hydrogen-bond acceptors (Lipinski definition) is 0. The molecule has 3 aromatic rings. The van der Waals surface area contributed by atoms with Gasteiger partial charge >= 0.3 is 35.6 Å². The molecule has 144 valence electrons. The summed E-state index contributed by atoms with van der Waals surface area (Å²) < 4.78 is 0. The first-order valence-corrected chi connectivity index (χ1v) is 13.7. The second-order valence-electron chi connectivity index (χ2n) is 7.88. The molecule has 28 heavy (non-hydrogen) atoms. The summed E-state index contributed by atoms with van der Waals surface area (Å²) in [6, 6.07) is 21.9. The number of allylic oxidation sites excluding steroid dienone is 1. The molecule has 0 fully saturated rings. The first kappa shape index (κ1) is 21.6. The van der Waals surface area contributed by atoms with Crippen LogP contribution in [0.1, 0.15) is 48.9 Å². The minimum absolute atomic E-state index is 0.0301. The van der Waals surface area contributed by atoms with Crippen molar-refractivity contribution in [3.8, 4) is 0 Å². The van der Waals surface area contributed by atoms with Crippen LogP contribution in [0.15, 0.2) is 66.7 Å². The van der Waals surface area contributed by atoms with E-state index in [1.807, 2.05) is 0 Å². The van der Waals surface area contributed by atoms with Crippen LogP contribution in [0.5, 0.6) is 0 Å². The average Bonchev–Trinajstić information content (AvgIpc) is 3.10. The third-order valence-corrected chi connectivity index (χ3v) is 4.92. The third kappa shape index (κ3) is 5.09. The summed E-state index contributed by atoms with van der Waals surface area (Å²) in [6.07, 6.45) is 4.58. The summed E-state index contributed by atoms with van der Waals surface area (Å²) in [5.41, 5.74) is 5.44. The first-order chi connectivity index (χ1) is 13.4. The molecule has 1 atom stereocenters. The van der Waals surface area contributed by atoms with E-state index in [1.54, 1.807) is 0 Å². The van der Waals surface area contributed by atoms with E-state index in [0.717, 1.165) is 6.54 Å². The van der Waals surface area contributed by atoms with Gasteiger partial charge in [0.15, 0.2) is 0 Å². The fourth-order valence-electron chi connectivity index (χ4n) is 3.66. The van der Waals surface area contributed by atoms with Crippen LogP contribution in [0.3, 0.4) is 0 Å². The van der Waals surface area contributed by atoms with Gasteiger partial charge in [0.05, 0.1) is 0 Å². The molecule has 0 radical (unpaired) electrons. The molecule has 4 heteroatoms. The van der Waals surface area contributed by atoms with Crippen molar-refractivity contribution >= 4 is 35.5 Å². The average molecular weight is 445 g/mol. The zero-order valence-corrected chi connectivity index (χ0v) is 19.5. The molecule has 0 aromatic heterocycles. The van der Waals surface area contributed by atoms with Gasteiger partial charge in [-0.15, -0.1) is 12.1 Å². The second-order valence-corrected chi connectivity index (χ2v) is 10.5. The maximum absolute atomic E-state index is 4.94. The Morgan fingerprint density at radius 2 is 1.57 bits per heavy atom. The minimum atomic E-state index is -0.556. The van der Waals surface area contributed by atoms with E-state index < -0.39 is 17.0 Å². The Balaban J connectivity index is 0.000000706. The molecule has 1 nitrogen and oxygen atoms in total. The van der Waals surface area contributed by atoms with Crippen molar-refractivity contribution in [2.24, 2.45) is 0 Å². The maximum atomic E-state index is 4.94. The van der Waals surface area contributed by atoms with E-state index in [1.165, 1.54) is 33.0 Å². The van der Waals surface area contributed by atoms with Crippen LogP contribution in [0.25, 0.3) is 22.2 Å². The number of nitrogens with zero attached hydrogens (tertiary/aromatic N) is 1. The predicted molar refractivity (Wildman–Crippen MR) is 120 cm³/mol. The zero-order valence-electron chi connectivity index (χ0n) is 16.4. The van der Waals surface area contributed by atoms with Crippen molar-refractivity contribution in [2.45, 2.75) is 38.8 Å². The Bertz CT molecular complexity index is 976. The van der Waals surface area contributed by atoms with E-state index in [-0.39, 0.29) is 5.54 Å². The Morgan fingerprint density at radius 3 is 2.32 bits per heavy atom. The Morgan fingerprint density at radius 1 is 0.893 bits per heavy atom. The second kappa shape index (κ2) is 9.61. The molecule has 0 amide bonds. The number of fused-ring (bicyclic) bond motifs is 2. The molecule has 3 aromatic carbocycles. The van der Waals surface area contributed by atoms with E-state index >= 15 is 0 Å². The molecule has 4 rings (SSSR count). The quantitative estimate of drug-likeness (QED) is 0.362. The van der Waals surface area contributed by atoms with Gasteiger partial charge in [0.2, 0.25) is 0 Å². The summed E-state index contributed by atoms with van der Waals surface area (Å²) in [5, 5.41) is 7.56. The molecule has 0 aliphatic heterocycles. The number of benzene rings is 3. The van der Waals surface area contributed by atoms with E-state index in [2.05, 4.69) is 93.6 Å². The Kier molecular flexibility index (Phi) is 7.42. The topological polar surface area (TPSA) is 14.1 Å².